The Balaban J connectivity index is 1.86. The van der Waals surface area contributed by atoms with Crippen molar-refractivity contribution >= 4 is 40.2 Å². The molecule has 2 aromatic rings. The van der Waals surface area contributed by atoms with Crippen LogP contribution in [0.3, 0.4) is 0 Å². The predicted octanol–water partition coefficient (Wildman–Crippen LogP) is 3.58. The average molecular weight is 329 g/mol. The maximum Gasteiger partial charge on any atom is 0.226 e. The van der Waals surface area contributed by atoms with Crippen LogP contribution in [0, 0.1) is 0 Å². The molecule has 0 aliphatic carbocycles. The summed E-state index contributed by atoms with van der Waals surface area (Å²) in [6, 6.07) is 4.14. The van der Waals surface area contributed by atoms with Crippen molar-refractivity contribution in [3.8, 4) is 0 Å². The molecule has 6 heteroatoms. The van der Waals surface area contributed by atoms with Crippen molar-refractivity contribution in [2.24, 2.45) is 0 Å². The molecule has 0 aromatic carbocycles. The van der Waals surface area contributed by atoms with Gasteiger partial charge >= 0.3 is 0 Å². The summed E-state index contributed by atoms with van der Waals surface area (Å²) in [6.45, 7) is 4.89. The summed E-state index contributed by atoms with van der Waals surface area (Å²) in [4.78, 5) is 17.5. The summed E-state index contributed by atoms with van der Waals surface area (Å²) in [5.41, 5.74) is 0.784. The zero-order valence-corrected chi connectivity index (χ0v) is 13.9. The Morgan fingerprint density at radius 1 is 1.45 bits per heavy atom. The van der Waals surface area contributed by atoms with Crippen LogP contribution in [0.1, 0.15) is 29.4 Å². The highest BCUT2D eigenvalue weighted by molar-refractivity contribution is 7.10. The third kappa shape index (κ3) is 4.04. The van der Waals surface area contributed by atoms with Crippen molar-refractivity contribution in [2.45, 2.75) is 31.6 Å². The highest BCUT2D eigenvalue weighted by Crippen LogP contribution is 2.26. The highest BCUT2D eigenvalue weighted by atomic mass is 35.5. The van der Waals surface area contributed by atoms with E-state index in [2.05, 4.69) is 35.6 Å². The van der Waals surface area contributed by atoms with Gasteiger partial charge in [0.2, 0.25) is 5.91 Å². The lowest BCUT2D eigenvalue weighted by molar-refractivity contribution is -0.120. The molecule has 0 spiro atoms. The van der Waals surface area contributed by atoms with Crippen LogP contribution in [-0.4, -0.2) is 17.4 Å². The van der Waals surface area contributed by atoms with E-state index in [4.69, 9.17) is 11.6 Å². The maximum atomic E-state index is 12.0. The topological polar surface area (TPSA) is 42.0 Å². The quantitative estimate of drug-likeness (QED) is 0.823. The highest BCUT2D eigenvalue weighted by Gasteiger charge is 2.22. The Kier molecular flexibility index (Phi) is 5.18. The number of thiophene rings is 1. The van der Waals surface area contributed by atoms with E-state index < -0.39 is 0 Å². The number of hydrogen-bond donors (Lipinski definition) is 1. The van der Waals surface area contributed by atoms with Crippen LogP contribution in [0.25, 0.3) is 0 Å². The molecule has 0 aliphatic heterocycles. The number of amides is 1. The van der Waals surface area contributed by atoms with Gasteiger partial charge in [0.1, 0.15) is 5.01 Å². The fourth-order valence-corrected chi connectivity index (χ4v) is 3.63. The van der Waals surface area contributed by atoms with Gasteiger partial charge in [-0.3, -0.25) is 4.79 Å². The summed E-state index contributed by atoms with van der Waals surface area (Å²) < 4.78 is 0. The molecule has 0 saturated carbocycles. The van der Waals surface area contributed by atoms with Crippen molar-refractivity contribution in [3.05, 3.63) is 38.5 Å². The molecule has 0 radical (unpaired) electrons. The summed E-state index contributed by atoms with van der Waals surface area (Å²) in [6.07, 6.45) is 0.322. The molecule has 20 heavy (non-hydrogen) atoms. The second-order valence-electron chi connectivity index (χ2n) is 5.18. The van der Waals surface area contributed by atoms with Crippen LogP contribution in [0.2, 0.25) is 0 Å². The lowest BCUT2D eigenvalue weighted by atomic mass is 9.91. The second kappa shape index (κ2) is 6.70. The number of hydrogen-bond acceptors (Lipinski definition) is 4. The van der Waals surface area contributed by atoms with E-state index in [1.165, 1.54) is 16.2 Å². The molecule has 1 N–H and O–H groups in total. The maximum absolute atomic E-state index is 12.0. The molecule has 0 unspecified atom stereocenters. The lowest BCUT2D eigenvalue weighted by Gasteiger charge is -2.23. The monoisotopic (exact) mass is 328 g/mol. The van der Waals surface area contributed by atoms with Gasteiger partial charge < -0.3 is 5.32 Å². The number of carbonyl (C=O) groups excluding carboxylic acids is 1. The standard InChI is InChI=1S/C14H17ClN2OS2/c1-14(2,11-4-3-5-19-11)9-16-12(18)6-13-17-10(7-15)8-20-13/h3-5,8H,6-7,9H2,1-2H3,(H,16,18). The van der Waals surface area contributed by atoms with Gasteiger partial charge in [0.15, 0.2) is 0 Å². The summed E-state index contributed by atoms with van der Waals surface area (Å²) in [5, 5.41) is 7.75. The normalized spacial score (nSPS) is 11.6. The molecule has 1 amide bonds. The van der Waals surface area contributed by atoms with E-state index >= 15 is 0 Å². The second-order valence-corrected chi connectivity index (χ2v) is 7.34. The van der Waals surface area contributed by atoms with E-state index in [0.29, 0.717) is 18.8 Å². The van der Waals surface area contributed by atoms with Gasteiger partial charge in [-0.05, 0) is 11.4 Å². The zero-order chi connectivity index (χ0) is 14.6. The third-order valence-electron chi connectivity index (χ3n) is 2.96. The Labute approximate surface area is 132 Å². The molecule has 0 aliphatic rings. The number of carbonyl (C=O) groups is 1. The van der Waals surface area contributed by atoms with E-state index in [-0.39, 0.29) is 11.3 Å². The molecule has 2 rings (SSSR count). The minimum atomic E-state index is -0.0476. The number of nitrogens with zero attached hydrogens (tertiary/aromatic N) is 1. The van der Waals surface area contributed by atoms with Crippen LogP contribution < -0.4 is 5.32 Å². The SMILES string of the molecule is CC(C)(CNC(=O)Cc1nc(CCl)cs1)c1cccs1. The van der Waals surface area contributed by atoms with Crippen molar-refractivity contribution in [2.75, 3.05) is 6.54 Å². The van der Waals surface area contributed by atoms with Crippen molar-refractivity contribution in [1.29, 1.82) is 0 Å². The molecule has 2 heterocycles. The molecule has 108 valence electrons. The van der Waals surface area contributed by atoms with Gasteiger partial charge in [0.05, 0.1) is 18.0 Å². The van der Waals surface area contributed by atoms with E-state index in [1.54, 1.807) is 11.3 Å². The first-order valence-electron chi connectivity index (χ1n) is 6.31. The van der Waals surface area contributed by atoms with Crippen LogP contribution >= 0.6 is 34.3 Å². The molecule has 0 bridgehead atoms. The molecule has 0 atom stereocenters. The average Bonchev–Trinajstić information content (AvgIpc) is 3.07. The first kappa shape index (κ1) is 15.5. The van der Waals surface area contributed by atoms with Gasteiger partial charge in [0, 0.05) is 22.2 Å². The minimum absolute atomic E-state index is 0.00473. The van der Waals surface area contributed by atoms with Gasteiger partial charge in [0.25, 0.3) is 0 Å². The minimum Gasteiger partial charge on any atom is -0.355 e. The van der Waals surface area contributed by atoms with Crippen LogP contribution in [0.5, 0.6) is 0 Å². The third-order valence-corrected chi connectivity index (χ3v) is 5.37. The number of rotatable bonds is 6. The number of thiazole rings is 1. The molecule has 0 saturated heterocycles. The van der Waals surface area contributed by atoms with Crippen molar-refractivity contribution < 1.29 is 4.79 Å². The fraction of sp³-hybridized carbons (Fsp3) is 0.429. The summed E-state index contributed by atoms with van der Waals surface area (Å²) in [7, 11) is 0. The van der Waals surface area contributed by atoms with Crippen molar-refractivity contribution in [1.82, 2.24) is 10.3 Å². The number of alkyl halides is 1. The van der Waals surface area contributed by atoms with Crippen LogP contribution in [0.15, 0.2) is 22.9 Å². The lowest BCUT2D eigenvalue weighted by Crippen LogP contribution is -2.36. The zero-order valence-electron chi connectivity index (χ0n) is 11.5. The van der Waals surface area contributed by atoms with Gasteiger partial charge in [-0.25, -0.2) is 4.98 Å². The van der Waals surface area contributed by atoms with E-state index in [9.17, 15) is 4.79 Å². The summed E-state index contributed by atoms with van der Waals surface area (Å²) >= 11 is 8.89. The van der Waals surface area contributed by atoms with Crippen LogP contribution in [-0.2, 0) is 22.5 Å². The van der Waals surface area contributed by atoms with E-state index in [0.717, 1.165) is 10.7 Å². The molecule has 2 aromatic heterocycles. The van der Waals surface area contributed by atoms with E-state index in [1.807, 2.05) is 11.4 Å². The van der Waals surface area contributed by atoms with Crippen molar-refractivity contribution in [3.63, 3.8) is 0 Å². The number of nitrogens with one attached hydrogen (secondary N) is 1. The first-order valence-corrected chi connectivity index (χ1v) is 8.60. The molecule has 0 fully saturated rings. The molecular formula is C14H17ClN2OS2. The summed E-state index contributed by atoms with van der Waals surface area (Å²) in [5.74, 6) is 0.397. The molecular weight excluding hydrogens is 312 g/mol. The van der Waals surface area contributed by atoms with Gasteiger partial charge in [-0.2, -0.15) is 0 Å². The Bertz CT molecular complexity index is 564. The number of halogens is 1. The van der Waals surface area contributed by atoms with Gasteiger partial charge in [-0.15, -0.1) is 34.3 Å². The largest absolute Gasteiger partial charge is 0.355 e. The Morgan fingerprint density at radius 3 is 2.85 bits per heavy atom. The smallest absolute Gasteiger partial charge is 0.226 e. The predicted molar refractivity (Wildman–Crippen MR) is 85.7 cm³/mol. The molecule has 3 nitrogen and oxygen atoms in total. The fourth-order valence-electron chi connectivity index (χ4n) is 1.76. The number of aromatic nitrogens is 1. The van der Waals surface area contributed by atoms with Crippen LogP contribution in [0.4, 0.5) is 0 Å². The first-order chi connectivity index (χ1) is 9.51. The van der Waals surface area contributed by atoms with Gasteiger partial charge in [-0.1, -0.05) is 19.9 Å². The Morgan fingerprint density at radius 2 is 2.25 bits per heavy atom. The Hall–Kier alpha value is -0.910.